The molecule has 12 atom stereocenters. The van der Waals surface area contributed by atoms with Crippen molar-refractivity contribution in [3.8, 4) is 0 Å². The van der Waals surface area contributed by atoms with Crippen LogP contribution in [0.1, 0.15) is 71.1 Å². The first-order valence-corrected chi connectivity index (χ1v) is 23.9. The average molecular weight is 989 g/mol. The maximum absolute atomic E-state index is 17.7. The molecule has 0 radical (unpaired) electrons. The molecule has 2 aromatic carbocycles. The van der Waals surface area contributed by atoms with E-state index in [0.29, 0.717) is 11.3 Å². The molecule has 6 aliphatic rings. The zero-order valence-corrected chi connectivity index (χ0v) is 39.3. The molecule has 0 aromatic heterocycles. The van der Waals surface area contributed by atoms with Gasteiger partial charge in [0.15, 0.2) is 34.9 Å². The van der Waals surface area contributed by atoms with E-state index in [1.165, 1.54) is 37.8 Å². The van der Waals surface area contributed by atoms with Crippen molar-refractivity contribution in [3.63, 3.8) is 0 Å². The first-order chi connectivity index (χ1) is 33.1. The van der Waals surface area contributed by atoms with Crippen LogP contribution < -0.4 is 16.0 Å². The van der Waals surface area contributed by atoms with E-state index in [9.17, 15) is 53.7 Å². The number of hydrogen-bond acceptors (Lipinski definition) is 14. The van der Waals surface area contributed by atoms with Gasteiger partial charge < -0.3 is 40.7 Å². The molecule has 0 spiro atoms. The van der Waals surface area contributed by atoms with E-state index in [1.54, 1.807) is 31.2 Å². The van der Waals surface area contributed by atoms with E-state index in [0.717, 1.165) is 32.9 Å². The number of anilines is 1. The summed E-state index contributed by atoms with van der Waals surface area (Å²) in [5.74, 6) is -7.12. The first kappa shape index (κ1) is 50.5. The molecular formula is C50H54F2N4O13S. The largest absolute Gasteiger partial charge is 0.481 e. The number of Topliss-reactive ketones (excluding diaryl/α,β-unsaturated/α-hetero) is 2. The summed E-state index contributed by atoms with van der Waals surface area (Å²) in [6, 6.07) is 12.1. The van der Waals surface area contributed by atoms with E-state index in [-0.39, 0.29) is 50.8 Å². The Balaban J connectivity index is 0.852. The Morgan fingerprint density at radius 2 is 1.57 bits per heavy atom. The minimum Gasteiger partial charge on any atom is -0.481 e. The highest BCUT2D eigenvalue weighted by atomic mass is 32.2. The number of amides is 4. The number of nitrogens with zero attached hydrogens (tertiary/aromatic N) is 1. The summed E-state index contributed by atoms with van der Waals surface area (Å²) in [6.07, 6.45) is -0.978. The highest BCUT2D eigenvalue weighted by Gasteiger charge is 2.80. The number of halogens is 2. The van der Waals surface area contributed by atoms with E-state index in [4.69, 9.17) is 9.47 Å². The topological polar surface area (TPSA) is 255 Å². The number of carboxylic acid groups (broad SMARTS) is 1. The Morgan fingerprint density at radius 1 is 0.914 bits per heavy atom. The van der Waals surface area contributed by atoms with Crippen LogP contribution in [0, 0.1) is 22.7 Å². The Hall–Kier alpha value is -5.93. The van der Waals surface area contributed by atoms with E-state index < -0.39 is 131 Å². The Bertz CT molecular complexity index is 2570. The summed E-state index contributed by atoms with van der Waals surface area (Å²) in [6.45, 7) is 3.37. The molecule has 4 aliphatic carbocycles. The van der Waals surface area contributed by atoms with E-state index >= 15 is 8.78 Å². The molecule has 6 N–H and O–H groups in total. The number of carboxylic acids is 1. The van der Waals surface area contributed by atoms with Crippen LogP contribution >= 0.6 is 11.8 Å². The second-order valence-electron chi connectivity index (χ2n) is 19.2. The van der Waals surface area contributed by atoms with Crippen LogP contribution in [0.2, 0.25) is 0 Å². The Labute approximate surface area is 405 Å². The lowest BCUT2D eigenvalue weighted by molar-refractivity contribution is -0.235. The van der Waals surface area contributed by atoms with Crippen molar-refractivity contribution in [2.45, 2.75) is 117 Å². The van der Waals surface area contributed by atoms with Gasteiger partial charge in [-0.15, -0.1) is 0 Å². The van der Waals surface area contributed by atoms with Crippen molar-refractivity contribution < 1.29 is 71.9 Å². The third kappa shape index (κ3) is 8.81. The maximum Gasteiger partial charge on any atom is 0.303 e. The number of alkyl halides is 2. The van der Waals surface area contributed by atoms with E-state index in [1.807, 2.05) is 24.3 Å². The number of imide groups is 1. The van der Waals surface area contributed by atoms with Gasteiger partial charge in [0.1, 0.15) is 18.8 Å². The second-order valence-corrected chi connectivity index (χ2v) is 20.3. The summed E-state index contributed by atoms with van der Waals surface area (Å²) in [7, 11) is 0. The summed E-state index contributed by atoms with van der Waals surface area (Å²) >= 11 is 1.43. The second kappa shape index (κ2) is 19.3. The summed E-state index contributed by atoms with van der Waals surface area (Å²) in [4.78, 5) is 102. The highest BCUT2D eigenvalue weighted by Crippen LogP contribution is 2.72. The van der Waals surface area contributed by atoms with Crippen molar-refractivity contribution in [2.24, 2.45) is 22.7 Å². The lowest BCUT2D eigenvalue weighted by Gasteiger charge is -2.63. The first-order valence-electron chi connectivity index (χ1n) is 23.1. The van der Waals surface area contributed by atoms with Crippen molar-refractivity contribution in [3.05, 3.63) is 90.0 Å². The summed E-state index contributed by atoms with van der Waals surface area (Å²) in [5, 5.41) is 39.2. The number of ether oxygens (including phenoxy) is 2. The van der Waals surface area contributed by atoms with Crippen LogP contribution in [0.3, 0.4) is 0 Å². The number of carbonyl (C=O) groups is 8. The SMILES string of the molecule is C[C@H](NC(=O)[C@H](CCC(=O)O)NC(=O)CCN1C(=O)C=CC1=O)C(=O)CNc1ccc(Sc2ccc([C@@H]3O[C@@H]4C[C@H]5[C@@H]6C[C@H](F)C7=CC(=O)C=C[C@]7(C)[C@@]6(F)[C@@H](O)C[C@]5(C)[C@]4(C(=O)CO)O3)cc2)cc1. The molecule has 2 aliphatic heterocycles. The van der Waals surface area contributed by atoms with Crippen LogP contribution in [-0.2, 0) is 47.8 Å². The summed E-state index contributed by atoms with van der Waals surface area (Å²) in [5.41, 5.74) is -5.83. The molecule has 17 nitrogen and oxygen atoms in total. The quantitative estimate of drug-likeness (QED) is 0.117. The number of carbonyl (C=O) groups excluding carboxylic acids is 7. The minimum absolute atomic E-state index is 0.00780. The third-order valence-electron chi connectivity index (χ3n) is 15.2. The van der Waals surface area contributed by atoms with Crippen molar-refractivity contribution in [2.75, 3.05) is 25.0 Å². The molecular weight excluding hydrogens is 935 g/mol. The standard InChI is InChI=1S/C50H54F2N4O13S/c1-26(54-45(67)36(12-15-44(65)66)55-41(62)17-19-56-42(63)13-14-43(56)64)37(59)24-53-28-6-10-31(11-7-28)70-30-8-4-27(5-9-30)46-68-40-22-32-33-21-35(51)34-20-29(58)16-18-47(34,2)49(33,52)38(60)23-48(32,3)50(40,69-46)39(61)25-57/h4-11,13-14,16,18,20,26,32-33,35-36,38,40,46,53,57,60H,12,15,17,19,21-25H2,1-3H3,(H,54,67)(H,55,62)(H,65,66)/t26-,32-,33-,35-,36-,38-,40+,46+,47-,48-,49-,50+/m0/s1. The van der Waals surface area contributed by atoms with Gasteiger partial charge in [0.25, 0.3) is 11.8 Å². The van der Waals surface area contributed by atoms with E-state index in [2.05, 4.69) is 16.0 Å². The molecule has 2 aromatic rings. The molecule has 0 bridgehead atoms. The zero-order valence-electron chi connectivity index (χ0n) is 38.5. The molecule has 20 heteroatoms. The molecule has 4 fully saturated rings. The number of aliphatic carboxylic acids is 1. The molecule has 1 saturated heterocycles. The molecule has 0 unspecified atom stereocenters. The van der Waals surface area contributed by atoms with Gasteiger partial charge in [0.2, 0.25) is 11.8 Å². The van der Waals surface area contributed by atoms with Gasteiger partial charge in [-0.2, -0.15) is 0 Å². The number of nitrogens with one attached hydrogen (secondary N) is 3. The monoisotopic (exact) mass is 988 g/mol. The van der Waals surface area contributed by atoms with Crippen LogP contribution in [-0.4, -0.2) is 129 Å². The van der Waals surface area contributed by atoms with Gasteiger partial charge in [-0.3, -0.25) is 43.3 Å². The van der Waals surface area contributed by atoms with Gasteiger partial charge in [-0.1, -0.05) is 36.9 Å². The van der Waals surface area contributed by atoms with Crippen LogP contribution in [0.15, 0.2) is 94.3 Å². The van der Waals surface area contributed by atoms with Crippen LogP contribution in [0.5, 0.6) is 0 Å². The molecule has 2 heterocycles. The number of rotatable bonds is 18. The van der Waals surface area contributed by atoms with Crippen molar-refractivity contribution >= 4 is 64.4 Å². The fraction of sp³-hybridized carbons (Fsp3) is 0.480. The van der Waals surface area contributed by atoms with Gasteiger partial charge in [0, 0.05) is 69.3 Å². The molecule has 4 amide bonds. The predicted molar refractivity (Wildman–Crippen MR) is 245 cm³/mol. The fourth-order valence-electron chi connectivity index (χ4n) is 11.6. The minimum atomic E-state index is -2.36. The molecule has 3 saturated carbocycles. The number of fused-ring (bicyclic) bond motifs is 7. The molecule has 8 rings (SSSR count). The van der Waals surface area contributed by atoms with Gasteiger partial charge in [0.05, 0.1) is 24.8 Å². The van der Waals surface area contributed by atoms with Crippen LogP contribution in [0.25, 0.3) is 0 Å². The number of allylic oxidation sites excluding steroid dienone is 4. The maximum atomic E-state index is 17.7. The lowest BCUT2D eigenvalue weighted by Crippen LogP contribution is -2.70. The zero-order chi connectivity index (χ0) is 50.5. The van der Waals surface area contributed by atoms with Gasteiger partial charge >= 0.3 is 5.97 Å². The molecule has 70 heavy (non-hydrogen) atoms. The van der Waals surface area contributed by atoms with Crippen molar-refractivity contribution in [1.82, 2.24) is 15.5 Å². The third-order valence-corrected chi connectivity index (χ3v) is 16.3. The Morgan fingerprint density at radius 3 is 2.21 bits per heavy atom. The number of aliphatic hydroxyl groups excluding tert-OH is 2. The Kier molecular flexibility index (Phi) is 13.9. The number of aliphatic hydroxyl groups is 2. The fourth-order valence-corrected chi connectivity index (χ4v) is 12.4. The predicted octanol–water partition coefficient (Wildman–Crippen LogP) is 3.63. The number of ketones is 3. The van der Waals surface area contributed by atoms with Gasteiger partial charge in [-0.05, 0) is 99.6 Å². The normalized spacial score (nSPS) is 32.5. The van der Waals surface area contributed by atoms with Crippen molar-refractivity contribution in [1.29, 1.82) is 0 Å². The average Bonchev–Trinajstić information content (AvgIpc) is 3.95. The lowest BCUT2D eigenvalue weighted by atomic mass is 9.44. The van der Waals surface area contributed by atoms with Gasteiger partial charge in [-0.25, -0.2) is 8.78 Å². The highest BCUT2D eigenvalue weighted by molar-refractivity contribution is 7.99. The molecule has 372 valence electrons. The number of benzene rings is 2. The summed E-state index contributed by atoms with van der Waals surface area (Å²) < 4.78 is 46.8. The van der Waals surface area contributed by atoms with Crippen LogP contribution in [0.4, 0.5) is 14.5 Å². The number of hydrogen-bond donors (Lipinski definition) is 6. The smallest absolute Gasteiger partial charge is 0.303 e.